The highest BCUT2D eigenvalue weighted by atomic mass is 32.2. The van der Waals surface area contributed by atoms with Crippen LogP contribution in [0.15, 0.2) is 41.4 Å². The fraction of sp³-hybridized carbons (Fsp3) is 0.286. The Labute approximate surface area is 112 Å². The first-order chi connectivity index (χ1) is 8.70. The smallest absolute Gasteiger partial charge is 0.162 e. The first kappa shape index (κ1) is 12.9. The predicted molar refractivity (Wildman–Crippen MR) is 78.0 cm³/mol. The van der Waals surface area contributed by atoms with E-state index in [1.165, 1.54) is 4.90 Å². The van der Waals surface area contributed by atoms with E-state index in [-0.39, 0.29) is 0 Å². The molecule has 0 aliphatic rings. The maximum Gasteiger partial charge on any atom is 0.162 e. The van der Waals surface area contributed by atoms with Crippen LogP contribution in [-0.2, 0) is 0 Å². The summed E-state index contributed by atoms with van der Waals surface area (Å²) in [5, 5.41) is 3.29. The second-order valence-corrected chi connectivity index (χ2v) is 5.11. The molecule has 0 atom stereocenters. The molecule has 3 nitrogen and oxygen atoms in total. The van der Waals surface area contributed by atoms with Crippen LogP contribution < -0.4 is 5.32 Å². The molecule has 1 aromatic carbocycles. The van der Waals surface area contributed by atoms with Gasteiger partial charge < -0.3 is 5.32 Å². The summed E-state index contributed by atoms with van der Waals surface area (Å²) in [6.07, 6.45) is 3.86. The van der Waals surface area contributed by atoms with Crippen LogP contribution in [0, 0.1) is 0 Å². The van der Waals surface area contributed by atoms with Gasteiger partial charge in [0, 0.05) is 22.7 Å². The monoisotopic (exact) mass is 259 g/mol. The van der Waals surface area contributed by atoms with E-state index in [1.54, 1.807) is 18.0 Å². The Bertz CT molecular complexity index is 526. The fourth-order valence-electron chi connectivity index (χ4n) is 1.69. The van der Waals surface area contributed by atoms with Crippen molar-refractivity contribution in [3.8, 4) is 11.4 Å². The molecule has 0 saturated carbocycles. The van der Waals surface area contributed by atoms with E-state index in [0.29, 0.717) is 6.04 Å². The third kappa shape index (κ3) is 3.01. The van der Waals surface area contributed by atoms with Crippen LogP contribution in [0.5, 0.6) is 0 Å². The van der Waals surface area contributed by atoms with Crippen LogP contribution in [0.4, 0.5) is 5.82 Å². The molecule has 2 aromatic rings. The van der Waals surface area contributed by atoms with Gasteiger partial charge in [-0.3, -0.25) is 0 Å². The average Bonchev–Trinajstić information content (AvgIpc) is 2.38. The standard InChI is InChI=1S/C14H17N3S/c1-10(2)16-13-8-9-15-14(17-13)11-6-4-5-7-12(11)18-3/h4-10H,1-3H3,(H,15,16,17). The Balaban J connectivity index is 2.38. The van der Waals surface area contributed by atoms with Gasteiger partial charge in [0.05, 0.1) is 0 Å². The highest BCUT2D eigenvalue weighted by molar-refractivity contribution is 7.98. The Morgan fingerprint density at radius 3 is 2.67 bits per heavy atom. The van der Waals surface area contributed by atoms with Gasteiger partial charge in [0.15, 0.2) is 5.82 Å². The molecule has 0 radical (unpaired) electrons. The van der Waals surface area contributed by atoms with Gasteiger partial charge in [-0.05, 0) is 32.2 Å². The molecule has 94 valence electrons. The van der Waals surface area contributed by atoms with Crippen molar-refractivity contribution in [1.82, 2.24) is 9.97 Å². The normalized spacial score (nSPS) is 10.7. The number of thioether (sulfide) groups is 1. The minimum absolute atomic E-state index is 0.364. The van der Waals surface area contributed by atoms with Crippen molar-refractivity contribution < 1.29 is 0 Å². The number of nitrogens with zero attached hydrogens (tertiary/aromatic N) is 2. The molecule has 18 heavy (non-hydrogen) atoms. The molecule has 0 saturated heterocycles. The number of nitrogens with one attached hydrogen (secondary N) is 1. The Kier molecular flexibility index (Phi) is 4.20. The average molecular weight is 259 g/mol. The summed E-state index contributed by atoms with van der Waals surface area (Å²) >= 11 is 1.71. The van der Waals surface area contributed by atoms with Crippen LogP contribution >= 0.6 is 11.8 Å². The van der Waals surface area contributed by atoms with Crippen molar-refractivity contribution in [2.75, 3.05) is 11.6 Å². The van der Waals surface area contributed by atoms with Gasteiger partial charge in [-0.25, -0.2) is 9.97 Å². The summed E-state index contributed by atoms with van der Waals surface area (Å²) < 4.78 is 0. The molecular formula is C14H17N3S. The van der Waals surface area contributed by atoms with E-state index < -0.39 is 0 Å². The molecule has 0 aliphatic heterocycles. The third-order valence-corrected chi connectivity index (χ3v) is 3.24. The Morgan fingerprint density at radius 2 is 1.94 bits per heavy atom. The van der Waals surface area contributed by atoms with Gasteiger partial charge in [-0.2, -0.15) is 0 Å². The van der Waals surface area contributed by atoms with Crippen molar-refractivity contribution in [2.45, 2.75) is 24.8 Å². The lowest BCUT2D eigenvalue weighted by Gasteiger charge is -2.10. The molecule has 0 unspecified atom stereocenters. The van der Waals surface area contributed by atoms with Crippen molar-refractivity contribution in [3.63, 3.8) is 0 Å². The summed E-state index contributed by atoms with van der Waals surface area (Å²) in [5.74, 6) is 1.64. The molecule has 0 fully saturated rings. The first-order valence-electron chi connectivity index (χ1n) is 5.93. The van der Waals surface area contributed by atoms with E-state index in [2.05, 4.69) is 47.5 Å². The maximum atomic E-state index is 4.56. The zero-order valence-electron chi connectivity index (χ0n) is 10.8. The quantitative estimate of drug-likeness (QED) is 0.850. The van der Waals surface area contributed by atoms with Gasteiger partial charge in [-0.15, -0.1) is 11.8 Å². The third-order valence-electron chi connectivity index (χ3n) is 2.44. The van der Waals surface area contributed by atoms with Crippen LogP contribution in [-0.4, -0.2) is 22.3 Å². The van der Waals surface area contributed by atoms with Crippen molar-refractivity contribution >= 4 is 17.6 Å². The van der Waals surface area contributed by atoms with E-state index in [1.807, 2.05) is 18.2 Å². The predicted octanol–water partition coefficient (Wildman–Crippen LogP) is 3.69. The van der Waals surface area contributed by atoms with Crippen molar-refractivity contribution in [3.05, 3.63) is 36.5 Å². The van der Waals surface area contributed by atoms with E-state index in [9.17, 15) is 0 Å². The number of benzene rings is 1. The molecule has 2 rings (SSSR count). The largest absolute Gasteiger partial charge is 0.368 e. The van der Waals surface area contributed by atoms with Crippen LogP contribution in [0.25, 0.3) is 11.4 Å². The second kappa shape index (κ2) is 5.87. The molecule has 1 aromatic heterocycles. The summed E-state index contributed by atoms with van der Waals surface area (Å²) in [6.45, 7) is 4.19. The summed E-state index contributed by atoms with van der Waals surface area (Å²) in [5.41, 5.74) is 1.08. The lowest BCUT2D eigenvalue weighted by Crippen LogP contribution is -2.11. The molecule has 1 heterocycles. The number of hydrogen-bond acceptors (Lipinski definition) is 4. The SMILES string of the molecule is CSc1ccccc1-c1nccc(NC(C)C)n1. The van der Waals surface area contributed by atoms with Crippen LogP contribution in [0.3, 0.4) is 0 Å². The van der Waals surface area contributed by atoms with Crippen LogP contribution in [0.1, 0.15) is 13.8 Å². The van der Waals surface area contributed by atoms with Gasteiger partial charge in [-0.1, -0.05) is 18.2 Å². The van der Waals surface area contributed by atoms with Crippen LogP contribution in [0.2, 0.25) is 0 Å². The van der Waals surface area contributed by atoms with Gasteiger partial charge in [0.2, 0.25) is 0 Å². The number of hydrogen-bond donors (Lipinski definition) is 1. The lowest BCUT2D eigenvalue weighted by atomic mass is 10.2. The van der Waals surface area contributed by atoms with E-state index >= 15 is 0 Å². The molecule has 0 amide bonds. The lowest BCUT2D eigenvalue weighted by molar-refractivity contribution is 0.887. The minimum atomic E-state index is 0.364. The van der Waals surface area contributed by atoms with Crippen molar-refractivity contribution in [1.29, 1.82) is 0 Å². The molecule has 4 heteroatoms. The summed E-state index contributed by atoms with van der Waals surface area (Å²) in [6, 6.07) is 10.5. The number of rotatable bonds is 4. The van der Waals surface area contributed by atoms with Gasteiger partial charge in [0.25, 0.3) is 0 Å². The second-order valence-electron chi connectivity index (χ2n) is 4.26. The zero-order valence-corrected chi connectivity index (χ0v) is 11.7. The summed E-state index contributed by atoms with van der Waals surface area (Å²) in [4.78, 5) is 10.1. The Morgan fingerprint density at radius 1 is 1.17 bits per heavy atom. The molecular weight excluding hydrogens is 242 g/mol. The minimum Gasteiger partial charge on any atom is -0.368 e. The van der Waals surface area contributed by atoms with E-state index in [4.69, 9.17) is 0 Å². The molecule has 0 spiro atoms. The fourth-order valence-corrected chi connectivity index (χ4v) is 2.29. The maximum absolute atomic E-state index is 4.56. The van der Waals surface area contributed by atoms with Gasteiger partial charge in [0.1, 0.15) is 5.82 Å². The Hall–Kier alpha value is -1.55. The number of aromatic nitrogens is 2. The summed E-state index contributed by atoms with van der Waals surface area (Å²) in [7, 11) is 0. The molecule has 1 N–H and O–H groups in total. The first-order valence-corrected chi connectivity index (χ1v) is 7.16. The van der Waals surface area contributed by atoms with E-state index in [0.717, 1.165) is 17.2 Å². The molecule has 0 bridgehead atoms. The highest BCUT2D eigenvalue weighted by Gasteiger charge is 2.07. The van der Waals surface area contributed by atoms with Crippen molar-refractivity contribution in [2.24, 2.45) is 0 Å². The highest BCUT2D eigenvalue weighted by Crippen LogP contribution is 2.27. The topological polar surface area (TPSA) is 37.8 Å². The number of anilines is 1. The molecule has 0 aliphatic carbocycles. The van der Waals surface area contributed by atoms with Gasteiger partial charge >= 0.3 is 0 Å². The zero-order chi connectivity index (χ0) is 13.0.